The molecule has 1 N–H and O–H groups in total. The average Bonchev–Trinajstić information content (AvgIpc) is 2.90. The molecule has 1 aromatic carbocycles. The quantitative estimate of drug-likeness (QED) is 0.845. The Balaban J connectivity index is 2.11. The summed E-state index contributed by atoms with van der Waals surface area (Å²) < 4.78 is 4.99. The summed E-state index contributed by atoms with van der Waals surface area (Å²) in [5, 5.41) is 2.81. The smallest absolute Gasteiger partial charge is 0.311 e. The fourth-order valence-corrected chi connectivity index (χ4v) is 2.41. The minimum absolute atomic E-state index is 0.0840. The predicted molar refractivity (Wildman–Crippen MR) is 87.0 cm³/mol. The van der Waals surface area contributed by atoms with E-state index in [1.807, 2.05) is 13.8 Å². The normalized spacial score (nSPS) is 17.5. The van der Waals surface area contributed by atoms with E-state index in [1.54, 1.807) is 36.1 Å². The first kappa shape index (κ1) is 17.0. The molecular weight excluding hydrogens is 296 g/mol. The van der Waals surface area contributed by atoms with Crippen LogP contribution in [0.1, 0.15) is 27.2 Å². The molecule has 0 spiro atoms. The van der Waals surface area contributed by atoms with Crippen LogP contribution in [-0.2, 0) is 19.1 Å². The summed E-state index contributed by atoms with van der Waals surface area (Å²) >= 11 is 0. The number of ether oxygens (including phenoxy) is 1. The van der Waals surface area contributed by atoms with Gasteiger partial charge in [-0.1, -0.05) is 19.9 Å². The van der Waals surface area contributed by atoms with Gasteiger partial charge in [0.05, 0.1) is 12.5 Å². The Labute approximate surface area is 135 Å². The Bertz CT molecular complexity index is 612. The number of carbonyl (C=O) groups is 3. The minimum atomic E-state index is -0.434. The second-order valence-electron chi connectivity index (χ2n) is 5.85. The summed E-state index contributed by atoms with van der Waals surface area (Å²) in [7, 11) is 0. The fourth-order valence-electron chi connectivity index (χ4n) is 2.41. The minimum Gasteiger partial charge on any atom is -0.466 e. The topological polar surface area (TPSA) is 75.7 Å². The molecule has 1 fully saturated rings. The number of esters is 1. The van der Waals surface area contributed by atoms with Crippen LogP contribution in [-0.4, -0.2) is 30.9 Å². The highest BCUT2D eigenvalue weighted by Gasteiger charge is 2.36. The van der Waals surface area contributed by atoms with E-state index in [4.69, 9.17) is 4.74 Å². The van der Waals surface area contributed by atoms with Crippen molar-refractivity contribution in [2.24, 2.45) is 11.8 Å². The number of rotatable bonds is 5. The molecule has 0 saturated carbocycles. The van der Waals surface area contributed by atoms with E-state index in [-0.39, 0.29) is 30.1 Å². The van der Waals surface area contributed by atoms with Crippen molar-refractivity contribution in [3.05, 3.63) is 24.3 Å². The number of carbonyl (C=O) groups excluding carboxylic acids is 3. The molecule has 23 heavy (non-hydrogen) atoms. The van der Waals surface area contributed by atoms with Crippen LogP contribution >= 0.6 is 0 Å². The Kier molecular flexibility index (Phi) is 5.36. The molecule has 6 nitrogen and oxygen atoms in total. The van der Waals surface area contributed by atoms with Gasteiger partial charge in [-0.25, -0.2) is 0 Å². The van der Waals surface area contributed by atoms with Gasteiger partial charge in [-0.3, -0.25) is 14.4 Å². The SMILES string of the molecule is CCOC(=O)[C@@H]1CC(=O)N(c2cccc(NC(=O)C(C)C)c2)C1. The van der Waals surface area contributed by atoms with Crippen LogP contribution in [0.2, 0.25) is 0 Å². The van der Waals surface area contributed by atoms with Crippen molar-refractivity contribution >= 4 is 29.2 Å². The lowest BCUT2D eigenvalue weighted by atomic mass is 10.1. The highest BCUT2D eigenvalue weighted by Crippen LogP contribution is 2.28. The molecule has 0 bridgehead atoms. The molecular formula is C17H22N2O4. The van der Waals surface area contributed by atoms with Crippen LogP contribution in [0.3, 0.4) is 0 Å². The summed E-state index contributed by atoms with van der Waals surface area (Å²) in [6.07, 6.45) is 0.154. The summed E-state index contributed by atoms with van der Waals surface area (Å²) in [6.45, 7) is 5.98. The molecule has 0 radical (unpaired) electrons. The maximum Gasteiger partial charge on any atom is 0.311 e. The number of amides is 2. The zero-order valence-corrected chi connectivity index (χ0v) is 13.7. The molecule has 1 atom stereocenters. The zero-order valence-electron chi connectivity index (χ0n) is 13.7. The maximum absolute atomic E-state index is 12.2. The first-order chi connectivity index (χ1) is 10.9. The van der Waals surface area contributed by atoms with Crippen molar-refractivity contribution in [3.63, 3.8) is 0 Å². The van der Waals surface area contributed by atoms with Crippen LogP contribution < -0.4 is 10.2 Å². The predicted octanol–water partition coefficient (Wildman–Crippen LogP) is 2.20. The molecule has 6 heteroatoms. The Morgan fingerprint density at radius 3 is 2.78 bits per heavy atom. The molecule has 2 amide bonds. The Hall–Kier alpha value is -2.37. The van der Waals surface area contributed by atoms with Gasteiger partial charge >= 0.3 is 5.97 Å². The monoisotopic (exact) mass is 318 g/mol. The van der Waals surface area contributed by atoms with Crippen molar-refractivity contribution in [3.8, 4) is 0 Å². The number of hydrogen-bond acceptors (Lipinski definition) is 4. The van der Waals surface area contributed by atoms with Crippen molar-refractivity contribution in [1.82, 2.24) is 0 Å². The first-order valence-electron chi connectivity index (χ1n) is 7.80. The second-order valence-corrected chi connectivity index (χ2v) is 5.85. The highest BCUT2D eigenvalue weighted by atomic mass is 16.5. The summed E-state index contributed by atoms with van der Waals surface area (Å²) in [5.41, 5.74) is 1.30. The fraction of sp³-hybridized carbons (Fsp3) is 0.471. The lowest BCUT2D eigenvalue weighted by Crippen LogP contribution is -2.26. The van der Waals surface area contributed by atoms with Crippen molar-refractivity contribution < 1.29 is 19.1 Å². The lowest BCUT2D eigenvalue weighted by molar-refractivity contribution is -0.147. The van der Waals surface area contributed by atoms with E-state index in [2.05, 4.69) is 5.32 Å². The Morgan fingerprint density at radius 1 is 1.39 bits per heavy atom. The van der Waals surface area contributed by atoms with E-state index in [9.17, 15) is 14.4 Å². The molecule has 1 aliphatic heterocycles. The van der Waals surface area contributed by atoms with Crippen molar-refractivity contribution in [1.29, 1.82) is 0 Å². The maximum atomic E-state index is 12.2. The lowest BCUT2D eigenvalue weighted by Gasteiger charge is -2.18. The van der Waals surface area contributed by atoms with E-state index < -0.39 is 5.92 Å². The molecule has 0 aliphatic carbocycles. The standard InChI is InChI=1S/C17H22N2O4/c1-4-23-17(22)12-8-15(20)19(10-12)14-7-5-6-13(9-14)18-16(21)11(2)3/h5-7,9,11-12H,4,8,10H2,1-3H3,(H,18,21)/t12-/m1/s1. The number of nitrogens with zero attached hydrogens (tertiary/aromatic N) is 1. The number of anilines is 2. The molecule has 1 heterocycles. The average molecular weight is 318 g/mol. The largest absolute Gasteiger partial charge is 0.466 e. The van der Waals surface area contributed by atoms with Crippen LogP contribution in [0, 0.1) is 11.8 Å². The molecule has 0 aromatic heterocycles. The highest BCUT2D eigenvalue weighted by molar-refractivity contribution is 6.00. The molecule has 124 valence electrons. The van der Waals surface area contributed by atoms with Crippen LogP contribution in [0.5, 0.6) is 0 Å². The summed E-state index contributed by atoms with van der Waals surface area (Å²) in [4.78, 5) is 37.3. The molecule has 1 saturated heterocycles. The van der Waals surface area contributed by atoms with Gasteiger partial charge in [0.25, 0.3) is 0 Å². The van der Waals surface area contributed by atoms with Gasteiger partial charge in [0.2, 0.25) is 11.8 Å². The van der Waals surface area contributed by atoms with Gasteiger partial charge < -0.3 is 15.0 Å². The number of hydrogen-bond donors (Lipinski definition) is 1. The van der Waals surface area contributed by atoms with Crippen molar-refractivity contribution in [2.45, 2.75) is 27.2 Å². The first-order valence-corrected chi connectivity index (χ1v) is 7.80. The number of nitrogens with one attached hydrogen (secondary N) is 1. The third-order valence-corrected chi connectivity index (χ3v) is 3.69. The van der Waals surface area contributed by atoms with Crippen LogP contribution in [0.15, 0.2) is 24.3 Å². The van der Waals surface area contributed by atoms with Gasteiger partial charge in [0, 0.05) is 30.3 Å². The molecule has 1 aliphatic rings. The van der Waals surface area contributed by atoms with E-state index in [1.165, 1.54) is 0 Å². The number of benzene rings is 1. The third kappa shape index (κ3) is 4.09. The van der Waals surface area contributed by atoms with Gasteiger partial charge in [0.1, 0.15) is 0 Å². The van der Waals surface area contributed by atoms with E-state index >= 15 is 0 Å². The van der Waals surface area contributed by atoms with E-state index in [0.29, 0.717) is 24.5 Å². The van der Waals surface area contributed by atoms with Gasteiger partial charge in [0.15, 0.2) is 0 Å². The van der Waals surface area contributed by atoms with Gasteiger partial charge in [-0.2, -0.15) is 0 Å². The molecule has 0 unspecified atom stereocenters. The van der Waals surface area contributed by atoms with Gasteiger partial charge in [-0.15, -0.1) is 0 Å². The van der Waals surface area contributed by atoms with Gasteiger partial charge in [-0.05, 0) is 25.1 Å². The second kappa shape index (κ2) is 7.26. The Morgan fingerprint density at radius 2 is 2.13 bits per heavy atom. The van der Waals surface area contributed by atoms with E-state index in [0.717, 1.165) is 0 Å². The van der Waals surface area contributed by atoms with Crippen molar-refractivity contribution in [2.75, 3.05) is 23.4 Å². The third-order valence-electron chi connectivity index (χ3n) is 3.69. The zero-order chi connectivity index (χ0) is 17.0. The summed E-state index contributed by atoms with van der Waals surface area (Å²) in [6, 6.07) is 7.07. The molecule has 2 rings (SSSR count). The molecule has 1 aromatic rings. The van der Waals surface area contributed by atoms with Crippen LogP contribution in [0.4, 0.5) is 11.4 Å². The summed E-state index contributed by atoms with van der Waals surface area (Å²) in [5.74, 6) is -1.10. The van der Waals surface area contributed by atoms with Crippen LogP contribution in [0.25, 0.3) is 0 Å².